The Balaban J connectivity index is 1.56. The third-order valence-corrected chi connectivity index (χ3v) is 6.10. The van der Waals surface area contributed by atoms with Crippen LogP contribution in [0, 0.1) is 5.92 Å². The highest BCUT2D eigenvalue weighted by Gasteiger charge is 2.63. The summed E-state index contributed by atoms with van der Waals surface area (Å²) in [4.78, 5) is 27.8. The first-order valence-electron chi connectivity index (χ1n) is 10.7. The summed E-state index contributed by atoms with van der Waals surface area (Å²) < 4.78 is 100. The van der Waals surface area contributed by atoms with Gasteiger partial charge in [-0.1, -0.05) is 6.42 Å². The molecule has 196 valence electrons. The molecule has 2 N–H and O–H groups in total. The van der Waals surface area contributed by atoms with Crippen molar-refractivity contribution in [3.8, 4) is 0 Å². The number of nitrogens with one attached hydrogen (secondary N) is 1. The second-order valence-electron chi connectivity index (χ2n) is 8.46. The fourth-order valence-electron chi connectivity index (χ4n) is 4.55. The zero-order valence-electron chi connectivity index (χ0n) is 17.8. The van der Waals surface area contributed by atoms with Crippen molar-refractivity contribution in [2.75, 3.05) is 12.1 Å². The Kier molecular flexibility index (Phi) is 6.76. The van der Waals surface area contributed by atoms with Crippen molar-refractivity contribution >= 4 is 11.8 Å². The molecule has 0 radical (unpaired) electrons. The van der Waals surface area contributed by atoms with Crippen LogP contribution in [0.5, 0.6) is 0 Å². The Labute approximate surface area is 193 Å². The number of hydrogen-bond acceptors (Lipinski definition) is 9. The highest BCUT2D eigenvalue weighted by molar-refractivity contribution is 5.74. The minimum atomic E-state index is -5.91. The summed E-state index contributed by atoms with van der Waals surface area (Å²) in [6, 6.07) is 1.22. The maximum Gasteiger partial charge on any atom is 0.411 e. The SMILES string of the molecule is O=C(OC[C@H]1O[C@@H](n2ccc(NO)nc2=O)[C@@H]2OC3(CCCCC3)O[C@@H]21)C(C(F)(F)F)C(F)(F)F. The molecule has 0 unspecified atom stereocenters. The number of alkyl halides is 6. The summed E-state index contributed by atoms with van der Waals surface area (Å²) in [5.74, 6) is -8.10. The number of fused-ring (bicyclic) bond motifs is 1. The van der Waals surface area contributed by atoms with Gasteiger partial charge < -0.3 is 18.9 Å². The van der Waals surface area contributed by atoms with E-state index in [0.29, 0.717) is 12.8 Å². The summed E-state index contributed by atoms with van der Waals surface area (Å²) in [6.45, 7) is -1.00. The van der Waals surface area contributed by atoms with Gasteiger partial charge in [-0.05, 0) is 18.9 Å². The molecule has 0 bridgehead atoms. The molecule has 1 aliphatic carbocycles. The molecule has 2 aliphatic heterocycles. The summed E-state index contributed by atoms with van der Waals surface area (Å²) in [5.41, 5.74) is 0.797. The number of aromatic nitrogens is 2. The number of nitrogens with zero attached hydrogens (tertiary/aromatic N) is 2. The van der Waals surface area contributed by atoms with E-state index in [1.807, 2.05) is 0 Å². The Hall–Kier alpha value is -2.43. The number of rotatable bonds is 5. The lowest BCUT2D eigenvalue weighted by atomic mass is 9.94. The van der Waals surface area contributed by atoms with Gasteiger partial charge in [0, 0.05) is 19.0 Å². The molecule has 0 aromatic carbocycles. The van der Waals surface area contributed by atoms with Crippen LogP contribution in [0.1, 0.15) is 38.3 Å². The maximum absolute atomic E-state index is 12.8. The van der Waals surface area contributed by atoms with Crippen molar-refractivity contribution in [3.05, 3.63) is 22.7 Å². The highest BCUT2D eigenvalue weighted by Crippen LogP contribution is 2.48. The number of esters is 1. The smallest absolute Gasteiger partial charge is 0.411 e. The topological polar surface area (TPSA) is 121 Å². The monoisotopic (exact) mass is 517 g/mol. The maximum atomic E-state index is 12.8. The molecule has 2 saturated heterocycles. The molecular formula is C19H21F6N3O7. The summed E-state index contributed by atoms with van der Waals surface area (Å²) in [5, 5.41) is 8.91. The third kappa shape index (κ3) is 5.10. The van der Waals surface area contributed by atoms with Crippen molar-refractivity contribution < 1.29 is 55.3 Å². The molecule has 1 aromatic rings. The number of anilines is 1. The van der Waals surface area contributed by atoms with Crippen molar-refractivity contribution in [2.45, 2.75) is 74.8 Å². The van der Waals surface area contributed by atoms with Crippen LogP contribution in [0.4, 0.5) is 32.2 Å². The average Bonchev–Trinajstić information content (AvgIpc) is 3.26. The van der Waals surface area contributed by atoms with E-state index in [0.717, 1.165) is 23.8 Å². The molecule has 35 heavy (non-hydrogen) atoms. The fourth-order valence-corrected chi connectivity index (χ4v) is 4.55. The lowest BCUT2D eigenvalue weighted by molar-refractivity contribution is -0.283. The van der Waals surface area contributed by atoms with Crippen LogP contribution in [0.2, 0.25) is 0 Å². The van der Waals surface area contributed by atoms with E-state index in [1.54, 1.807) is 5.48 Å². The van der Waals surface area contributed by atoms with Crippen molar-refractivity contribution in [1.82, 2.24) is 9.55 Å². The van der Waals surface area contributed by atoms with Crippen molar-refractivity contribution in [3.63, 3.8) is 0 Å². The van der Waals surface area contributed by atoms with E-state index in [2.05, 4.69) is 9.72 Å². The van der Waals surface area contributed by atoms with Crippen molar-refractivity contribution in [1.29, 1.82) is 0 Å². The van der Waals surface area contributed by atoms with Crippen LogP contribution in [0.3, 0.4) is 0 Å². The number of carbonyl (C=O) groups is 1. The van der Waals surface area contributed by atoms with Gasteiger partial charge in [-0.25, -0.2) is 4.79 Å². The molecule has 4 rings (SSSR count). The molecule has 3 heterocycles. The average molecular weight is 517 g/mol. The van der Waals surface area contributed by atoms with E-state index in [4.69, 9.17) is 19.4 Å². The molecule has 1 spiro atoms. The quantitative estimate of drug-likeness (QED) is 0.345. The zero-order chi connectivity index (χ0) is 25.6. The Morgan fingerprint density at radius 2 is 1.80 bits per heavy atom. The van der Waals surface area contributed by atoms with Gasteiger partial charge in [0.15, 0.2) is 17.8 Å². The lowest BCUT2D eigenvalue weighted by Gasteiger charge is -2.34. The zero-order valence-corrected chi connectivity index (χ0v) is 17.8. The normalized spacial score (nSPS) is 28.3. The van der Waals surface area contributed by atoms with Gasteiger partial charge in [0.05, 0.1) is 0 Å². The first-order chi connectivity index (χ1) is 16.3. The summed E-state index contributed by atoms with van der Waals surface area (Å²) in [6.07, 6.45) is -11.9. The standard InChI is InChI=1S/C19H21F6N3O7/c20-18(21,22)13(19(23,24)25)15(29)32-8-9-11-12(35-17(34-11)5-2-1-3-6-17)14(33-9)28-7-4-10(27-31)26-16(28)30/h4,7,9,11-14,31H,1-3,5-6,8H2,(H,26,27,30)/t9-,11-,12-,14-/m1/s1. The Morgan fingerprint density at radius 1 is 1.17 bits per heavy atom. The predicted molar refractivity (Wildman–Crippen MR) is 99.9 cm³/mol. The molecule has 0 amide bonds. The highest BCUT2D eigenvalue weighted by atomic mass is 19.4. The molecule has 3 fully saturated rings. The van der Waals surface area contributed by atoms with E-state index < -0.39 is 66.9 Å². The van der Waals surface area contributed by atoms with Gasteiger partial charge in [-0.2, -0.15) is 31.3 Å². The molecular weight excluding hydrogens is 496 g/mol. The second-order valence-corrected chi connectivity index (χ2v) is 8.46. The summed E-state index contributed by atoms with van der Waals surface area (Å²) >= 11 is 0. The number of ether oxygens (including phenoxy) is 4. The largest absolute Gasteiger partial charge is 0.462 e. The van der Waals surface area contributed by atoms with Gasteiger partial charge in [-0.15, -0.1) is 0 Å². The van der Waals surface area contributed by atoms with Crippen LogP contribution in [-0.4, -0.2) is 63.8 Å². The molecule has 16 heteroatoms. The minimum Gasteiger partial charge on any atom is -0.462 e. The Morgan fingerprint density at radius 3 is 2.37 bits per heavy atom. The minimum absolute atomic E-state index is 0.177. The number of halogens is 6. The van der Waals surface area contributed by atoms with Gasteiger partial charge in [-0.3, -0.25) is 20.0 Å². The van der Waals surface area contributed by atoms with Crippen LogP contribution in [0.15, 0.2) is 17.1 Å². The predicted octanol–water partition coefficient (Wildman–Crippen LogP) is 2.67. The molecule has 4 atom stereocenters. The van der Waals surface area contributed by atoms with Gasteiger partial charge in [0.1, 0.15) is 24.9 Å². The van der Waals surface area contributed by atoms with Crippen molar-refractivity contribution in [2.24, 2.45) is 5.92 Å². The van der Waals surface area contributed by atoms with Crippen LogP contribution in [0.25, 0.3) is 0 Å². The van der Waals surface area contributed by atoms with Crippen LogP contribution >= 0.6 is 0 Å². The summed E-state index contributed by atoms with van der Waals surface area (Å²) in [7, 11) is 0. The Bertz CT molecular complexity index is 980. The molecule has 10 nitrogen and oxygen atoms in total. The molecule has 1 aromatic heterocycles. The number of carbonyl (C=O) groups excluding carboxylic acids is 1. The van der Waals surface area contributed by atoms with E-state index in [9.17, 15) is 35.9 Å². The van der Waals surface area contributed by atoms with E-state index in [1.165, 1.54) is 12.3 Å². The van der Waals surface area contributed by atoms with Crippen LogP contribution in [-0.2, 0) is 23.7 Å². The lowest BCUT2D eigenvalue weighted by Crippen LogP contribution is -2.44. The molecule has 3 aliphatic rings. The van der Waals surface area contributed by atoms with Gasteiger partial charge in [0.25, 0.3) is 0 Å². The van der Waals surface area contributed by atoms with Gasteiger partial charge in [0.2, 0.25) is 5.92 Å². The fraction of sp³-hybridized carbons (Fsp3) is 0.737. The van der Waals surface area contributed by atoms with E-state index >= 15 is 0 Å². The third-order valence-electron chi connectivity index (χ3n) is 6.10. The molecule has 1 saturated carbocycles. The van der Waals surface area contributed by atoms with Gasteiger partial charge >= 0.3 is 24.0 Å². The van der Waals surface area contributed by atoms with E-state index in [-0.39, 0.29) is 5.82 Å². The second kappa shape index (κ2) is 9.22. The number of hydrogen-bond donors (Lipinski definition) is 2. The van der Waals surface area contributed by atoms with Crippen LogP contribution < -0.4 is 11.2 Å². The first kappa shape index (κ1) is 25.7. The first-order valence-corrected chi connectivity index (χ1v) is 10.7.